The summed E-state index contributed by atoms with van der Waals surface area (Å²) in [6, 6.07) is 2.43. The van der Waals surface area contributed by atoms with E-state index in [4.69, 9.17) is 4.74 Å². The molecular formula is C19H19F5N2O3. The van der Waals surface area contributed by atoms with E-state index >= 15 is 0 Å². The quantitative estimate of drug-likeness (QED) is 0.587. The smallest absolute Gasteiger partial charge is 0.458 e. The van der Waals surface area contributed by atoms with Gasteiger partial charge in [0.25, 0.3) is 0 Å². The van der Waals surface area contributed by atoms with Gasteiger partial charge < -0.3 is 15.0 Å². The van der Waals surface area contributed by atoms with Gasteiger partial charge in [-0.3, -0.25) is 9.59 Å². The molecule has 2 amide bonds. The van der Waals surface area contributed by atoms with E-state index in [0.29, 0.717) is 30.5 Å². The van der Waals surface area contributed by atoms with Crippen LogP contribution < -0.4 is 10.1 Å². The van der Waals surface area contributed by atoms with Crippen molar-refractivity contribution in [2.45, 2.75) is 44.4 Å². The molecule has 0 bridgehead atoms. The molecule has 1 N–H and O–H groups in total. The molecule has 2 aliphatic heterocycles. The maximum absolute atomic E-state index is 13.9. The van der Waals surface area contributed by atoms with Crippen LogP contribution >= 0.6 is 0 Å². The van der Waals surface area contributed by atoms with Crippen LogP contribution in [0.3, 0.4) is 0 Å². The van der Waals surface area contributed by atoms with E-state index in [1.807, 2.05) is 0 Å². The molecule has 1 saturated heterocycles. The first-order chi connectivity index (χ1) is 13.4. The van der Waals surface area contributed by atoms with Crippen molar-refractivity contribution in [2.24, 2.45) is 0 Å². The molecule has 0 radical (unpaired) electrons. The molecule has 0 atom stereocenters. The molecule has 0 unspecified atom stereocenters. The van der Waals surface area contributed by atoms with E-state index in [0.717, 1.165) is 6.07 Å². The molecule has 1 fully saturated rings. The van der Waals surface area contributed by atoms with Gasteiger partial charge in [-0.05, 0) is 38.5 Å². The number of carbonyl (C=O) groups is 2. The van der Waals surface area contributed by atoms with Gasteiger partial charge in [0.1, 0.15) is 11.4 Å². The first-order valence-corrected chi connectivity index (χ1v) is 8.89. The van der Waals surface area contributed by atoms with Crippen LogP contribution in [0.15, 0.2) is 23.8 Å². The van der Waals surface area contributed by atoms with Crippen LogP contribution in [-0.4, -0.2) is 42.1 Å². The average molecular weight is 418 g/mol. The number of halogens is 5. The number of amides is 2. The minimum atomic E-state index is -5.77. The summed E-state index contributed by atoms with van der Waals surface area (Å²) in [6.45, 7) is 3.55. The molecule has 1 aromatic carbocycles. The lowest BCUT2D eigenvalue weighted by Crippen LogP contribution is -2.42. The van der Waals surface area contributed by atoms with Crippen LogP contribution in [0.1, 0.15) is 37.8 Å². The Bertz CT molecular complexity index is 877. The molecule has 0 saturated carbocycles. The number of rotatable bonds is 5. The Morgan fingerprint density at radius 2 is 1.93 bits per heavy atom. The lowest BCUT2D eigenvalue weighted by Gasteiger charge is -2.39. The summed E-state index contributed by atoms with van der Waals surface area (Å²) in [5.74, 6) is -5.27. The highest BCUT2D eigenvalue weighted by Gasteiger charge is 2.59. The molecule has 5 nitrogen and oxygen atoms in total. The van der Waals surface area contributed by atoms with Gasteiger partial charge in [-0.2, -0.15) is 22.0 Å². The predicted octanol–water partition coefficient (Wildman–Crippen LogP) is 3.59. The van der Waals surface area contributed by atoms with Crippen molar-refractivity contribution in [3.63, 3.8) is 0 Å². The van der Waals surface area contributed by atoms with Crippen LogP contribution in [-0.2, 0) is 15.5 Å². The number of carbonyl (C=O) groups excluding carboxylic acids is 2. The maximum Gasteiger partial charge on any atom is 0.458 e. The van der Waals surface area contributed by atoms with Gasteiger partial charge >= 0.3 is 12.1 Å². The third-order valence-corrected chi connectivity index (χ3v) is 5.04. The number of nitrogens with one attached hydrogen (secondary N) is 1. The standard InChI is InChI=1S/C19H19F5N2O3/c1-17(2)13(9-25-10-27)16(26-7-3-4-15(26)28)12-8-11(5-6-14(12)29-17)18(20,21)19(22,23)24/h5-6,8,10H,3-4,7,9H2,1-2H3,(H,25,27). The van der Waals surface area contributed by atoms with Crippen molar-refractivity contribution in [1.82, 2.24) is 10.2 Å². The first-order valence-electron chi connectivity index (χ1n) is 8.89. The highest BCUT2D eigenvalue weighted by atomic mass is 19.4. The van der Waals surface area contributed by atoms with Gasteiger partial charge in [0, 0.05) is 36.2 Å². The van der Waals surface area contributed by atoms with Crippen LogP contribution in [0, 0.1) is 0 Å². The summed E-state index contributed by atoms with van der Waals surface area (Å²) >= 11 is 0. The lowest BCUT2D eigenvalue weighted by molar-refractivity contribution is -0.289. The molecule has 1 aromatic rings. The number of hydrogen-bond donors (Lipinski definition) is 1. The van der Waals surface area contributed by atoms with Gasteiger partial charge in [-0.1, -0.05) is 0 Å². The van der Waals surface area contributed by atoms with Crippen molar-refractivity contribution in [2.75, 3.05) is 13.1 Å². The number of alkyl halides is 5. The SMILES string of the molecule is CC1(C)Oc2ccc(C(F)(F)C(F)(F)F)cc2C(N2CCCC2=O)=C1CNC=O. The van der Waals surface area contributed by atoms with Gasteiger partial charge in [0.05, 0.1) is 5.70 Å². The van der Waals surface area contributed by atoms with Crippen molar-refractivity contribution in [3.8, 4) is 5.75 Å². The predicted molar refractivity (Wildman–Crippen MR) is 93.0 cm³/mol. The molecule has 0 aromatic heterocycles. The zero-order valence-corrected chi connectivity index (χ0v) is 15.7. The molecule has 158 valence electrons. The fraction of sp³-hybridized carbons (Fsp3) is 0.474. The van der Waals surface area contributed by atoms with Crippen LogP contribution in [0.2, 0.25) is 0 Å². The molecule has 2 heterocycles. The van der Waals surface area contributed by atoms with Gasteiger partial charge in [0.15, 0.2) is 0 Å². The Labute approximate surface area is 163 Å². The molecule has 3 rings (SSSR count). The first kappa shape index (κ1) is 21.1. The van der Waals surface area contributed by atoms with Gasteiger partial charge in [-0.25, -0.2) is 0 Å². The van der Waals surface area contributed by atoms with Crippen molar-refractivity contribution < 1.29 is 36.3 Å². The number of hydrogen-bond acceptors (Lipinski definition) is 3. The van der Waals surface area contributed by atoms with E-state index in [1.165, 1.54) is 4.90 Å². The van der Waals surface area contributed by atoms with E-state index in [2.05, 4.69) is 5.32 Å². The second-order valence-corrected chi connectivity index (χ2v) is 7.37. The third-order valence-electron chi connectivity index (χ3n) is 5.04. The average Bonchev–Trinajstić information content (AvgIpc) is 3.03. The number of ether oxygens (including phenoxy) is 1. The Kier molecular flexibility index (Phi) is 5.08. The van der Waals surface area contributed by atoms with E-state index in [9.17, 15) is 31.5 Å². The summed E-state index contributed by atoms with van der Waals surface area (Å²) < 4.78 is 72.3. The fourth-order valence-corrected chi connectivity index (χ4v) is 3.58. The summed E-state index contributed by atoms with van der Waals surface area (Å²) in [4.78, 5) is 24.6. The second-order valence-electron chi connectivity index (χ2n) is 7.37. The van der Waals surface area contributed by atoms with Crippen molar-refractivity contribution in [1.29, 1.82) is 0 Å². The Balaban J connectivity index is 2.24. The fourth-order valence-electron chi connectivity index (χ4n) is 3.58. The summed E-state index contributed by atoms with van der Waals surface area (Å²) in [5.41, 5.74) is -1.72. The highest BCUT2D eigenvalue weighted by molar-refractivity contribution is 5.91. The maximum atomic E-state index is 13.9. The van der Waals surface area contributed by atoms with E-state index in [-0.39, 0.29) is 42.4 Å². The van der Waals surface area contributed by atoms with Gasteiger partial charge in [0.2, 0.25) is 12.3 Å². The summed E-state index contributed by atoms with van der Waals surface area (Å²) in [6.07, 6.45) is -4.60. The van der Waals surface area contributed by atoms with Crippen LogP contribution in [0.4, 0.5) is 22.0 Å². The minimum Gasteiger partial charge on any atom is -0.483 e. The van der Waals surface area contributed by atoms with E-state index < -0.39 is 23.3 Å². The minimum absolute atomic E-state index is 0.0382. The number of fused-ring (bicyclic) bond motifs is 1. The third kappa shape index (κ3) is 3.56. The van der Waals surface area contributed by atoms with Gasteiger partial charge in [-0.15, -0.1) is 0 Å². The van der Waals surface area contributed by atoms with E-state index in [1.54, 1.807) is 13.8 Å². The normalized spacial score (nSPS) is 19.1. The zero-order chi connectivity index (χ0) is 21.6. The highest BCUT2D eigenvalue weighted by Crippen LogP contribution is 2.48. The van der Waals surface area contributed by atoms with Crippen LogP contribution in [0.25, 0.3) is 5.70 Å². The Morgan fingerprint density at radius 3 is 2.48 bits per heavy atom. The van der Waals surface area contributed by atoms with Crippen molar-refractivity contribution >= 4 is 18.0 Å². The monoisotopic (exact) mass is 418 g/mol. The largest absolute Gasteiger partial charge is 0.483 e. The van der Waals surface area contributed by atoms with Crippen molar-refractivity contribution in [3.05, 3.63) is 34.9 Å². The summed E-state index contributed by atoms with van der Waals surface area (Å²) in [5, 5.41) is 2.46. The number of benzene rings is 1. The molecule has 29 heavy (non-hydrogen) atoms. The Morgan fingerprint density at radius 1 is 1.24 bits per heavy atom. The molecular weight excluding hydrogens is 399 g/mol. The molecule has 0 spiro atoms. The summed E-state index contributed by atoms with van der Waals surface area (Å²) in [7, 11) is 0. The van der Waals surface area contributed by atoms with Crippen LogP contribution in [0.5, 0.6) is 5.75 Å². The number of likely N-dealkylation sites (tertiary alicyclic amines) is 1. The zero-order valence-electron chi connectivity index (χ0n) is 15.7. The second kappa shape index (κ2) is 7.00. The number of nitrogens with zero attached hydrogens (tertiary/aromatic N) is 1. The Hall–Kier alpha value is -2.65. The topological polar surface area (TPSA) is 58.6 Å². The lowest BCUT2D eigenvalue weighted by atomic mass is 9.87. The molecule has 0 aliphatic carbocycles. The molecule has 2 aliphatic rings. The molecule has 10 heteroatoms.